The number of nitrogens with one attached hydrogen (secondary N) is 2. The molecule has 3 amide bonds. The third kappa shape index (κ3) is 4.65. The van der Waals surface area contributed by atoms with E-state index < -0.39 is 6.04 Å². The number of carbonyl (C=O) groups is 3. The highest BCUT2D eigenvalue weighted by molar-refractivity contribution is 6.05. The summed E-state index contributed by atoms with van der Waals surface area (Å²) in [6.45, 7) is 6.13. The normalized spacial score (nSPS) is 29.5. The molecule has 2 heterocycles. The topological polar surface area (TPSA) is 87.7 Å². The van der Waals surface area contributed by atoms with Gasteiger partial charge in [0.25, 0.3) is 5.91 Å². The summed E-state index contributed by atoms with van der Waals surface area (Å²) in [6.07, 6.45) is 7.93. The summed E-state index contributed by atoms with van der Waals surface area (Å²) >= 11 is 0. The number of piperidine rings is 1. The van der Waals surface area contributed by atoms with Crippen molar-refractivity contribution >= 4 is 17.7 Å². The zero-order chi connectivity index (χ0) is 23.2. The molecule has 1 saturated heterocycles. The van der Waals surface area contributed by atoms with E-state index in [2.05, 4.69) is 24.5 Å². The number of rotatable bonds is 6. The number of nitrogens with zero attached hydrogens (tertiary/aromatic N) is 1. The van der Waals surface area contributed by atoms with Gasteiger partial charge in [0.2, 0.25) is 11.8 Å². The lowest BCUT2D eigenvalue weighted by Crippen LogP contribution is -2.52. The molecule has 2 saturated carbocycles. The fourth-order valence-electron chi connectivity index (χ4n) is 6.24. The number of hydrogen-bond donors (Lipinski definition) is 2. The fraction of sp³-hybridized carbons (Fsp3) is 0.654. The smallest absolute Gasteiger partial charge is 0.255 e. The summed E-state index contributed by atoms with van der Waals surface area (Å²) in [4.78, 5) is 38.2. The molecule has 3 atom stereocenters. The zero-order valence-electron chi connectivity index (χ0n) is 19.7. The standard InChI is InChI=1S/C26H35N3O4/c1-26(2)12-16(13-26)14-27-20-5-3-4-6-22(20)33-18-7-8-19-17(11-18)15-29(25(19)32)21-9-10-23(30)28-24(21)31/h7-8,11,16,20-22,27H,3-6,9-10,12-15H2,1-2H3,(H,28,30,31). The molecule has 2 aliphatic carbocycles. The molecule has 33 heavy (non-hydrogen) atoms. The van der Waals surface area contributed by atoms with Crippen molar-refractivity contribution in [2.45, 2.75) is 89.9 Å². The van der Waals surface area contributed by atoms with E-state index in [-0.39, 0.29) is 30.2 Å². The maximum atomic E-state index is 12.9. The number of benzene rings is 1. The first-order valence-electron chi connectivity index (χ1n) is 12.5. The molecule has 7 heteroatoms. The molecular formula is C26H35N3O4. The van der Waals surface area contributed by atoms with Crippen LogP contribution in [0.1, 0.15) is 81.1 Å². The lowest BCUT2D eigenvalue weighted by atomic mass is 9.64. The first kappa shape index (κ1) is 22.4. The van der Waals surface area contributed by atoms with Crippen LogP contribution in [0.25, 0.3) is 0 Å². The van der Waals surface area contributed by atoms with Gasteiger partial charge in [-0.25, -0.2) is 0 Å². The molecule has 3 unspecified atom stereocenters. The number of fused-ring (bicyclic) bond motifs is 1. The van der Waals surface area contributed by atoms with Crippen LogP contribution < -0.4 is 15.4 Å². The molecule has 3 fully saturated rings. The van der Waals surface area contributed by atoms with Crippen LogP contribution in [0.4, 0.5) is 0 Å². The number of ether oxygens (including phenoxy) is 1. The van der Waals surface area contributed by atoms with Gasteiger partial charge >= 0.3 is 0 Å². The van der Waals surface area contributed by atoms with Crippen LogP contribution in [0, 0.1) is 11.3 Å². The van der Waals surface area contributed by atoms with Gasteiger partial charge in [0.15, 0.2) is 0 Å². The molecule has 4 aliphatic rings. The number of hydrogen-bond acceptors (Lipinski definition) is 5. The van der Waals surface area contributed by atoms with E-state index in [1.807, 2.05) is 18.2 Å². The maximum absolute atomic E-state index is 12.9. The molecule has 5 rings (SSSR count). The summed E-state index contributed by atoms with van der Waals surface area (Å²) in [7, 11) is 0. The second kappa shape index (κ2) is 8.75. The van der Waals surface area contributed by atoms with Crippen molar-refractivity contribution in [1.29, 1.82) is 0 Å². The Hall–Kier alpha value is -2.41. The van der Waals surface area contributed by atoms with Crippen LogP contribution in [0.3, 0.4) is 0 Å². The number of carbonyl (C=O) groups excluding carboxylic acids is 3. The summed E-state index contributed by atoms with van der Waals surface area (Å²) in [5.41, 5.74) is 2.01. The number of amides is 3. The predicted octanol–water partition coefficient (Wildman–Crippen LogP) is 3.16. The van der Waals surface area contributed by atoms with Crippen LogP contribution >= 0.6 is 0 Å². The van der Waals surface area contributed by atoms with Crippen LogP contribution in [0.2, 0.25) is 0 Å². The highest BCUT2D eigenvalue weighted by Gasteiger charge is 2.40. The Morgan fingerprint density at radius 3 is 2.67 bits per heavy atom. The van der Waals surface area contributed by atoms with E-state index in [9.17, 15) is 14.4 Å². The lowest BCUT2D eigenvalue weighted by molar-refractivity contribution is -0.136. The third-order valence-corrected chi connectivity index (χ3v) is 7.84. The molecule has 1 aromatic rings. The first-order chi connectivity index (χ1) is 15.8. The third-order valence-electron chi connectivity index (χ3n) is 7.84. The minimum atomic E-state index is -0.588. The average molecular weight is 454 g/mol. The van der Waals surface area contributed by atoms with Crippen molar-refractivity contribution < 1.29 is 19.1 Å². The SMILES string of the molecule is CC1(C)CC(CNC2CCCCC2Oc2ccc3c(c2)CN(C2CCC(=O)NC2=O)C3=O)C1. The van der Waals surface area contributed by atoms with Gasteiger partial charge in [0.05, 0.1) is 0 Å². The van der Waals surface area contributed by atoms with Gasteiger partial charge in [-0.1, -0.05) is 20.3 Å². The van der Waals surface area contributed by atoms with Crippen molar-refractivity contribution in [1.82, 2.24) is 15.5 Å². The zero-order valence-corrected chi connectivity index (χ0v) is 19.7. The van der Waals surface area contributed by atoms with E-state index in [1.165, 1.54) is 25.7 Å². The van der Waals surface area contributed by atoms with E-state index in [4.69, 9.17) is 4.74 Å². The van der Waals surface area contributed by atoms with Crippen molar-refractivity contribution in [3.63, 3.8) is 0 Å². The fourth-order valence-corrected chi connectivity index (χ4v) is 6.24. The minimum Gasteiger partial charge on any atom is -0.489 e. The van der Waals surface area contributed by atoms with E-state index in [1.54, 1.807) is 4.90 Å². The van der Waals surface area contributed by atoms with Gasteiger partial charge < -0.3 is 15.0 Å². The molecule has 2 N–H and O–H groups in total. The molecule has 7 nitrogen and oxygen atoms in total. The van der Waals surface area contributed by atoms with Crippen LogP contribution in [0.5, 0.6) is 5.75 Å². The van der Waals surface area contributed by atoms with Gasteiger partial charge in [-0.3, -0.25) is 19.7 Å². The molecule has 0 radical (unpaired) electrons. The van der Waals surface area contributed by atoms with E-state index in [0.29, 0.717) is 30.0 Å². The molecular weight excluding hydrogens is 418 g/mol. The van der Waals surface area contributed by atoms with Crippen molar-refractivity contribution in [2.75, 3.05) is 6.54 Å². The Bertz CT molecular complexity index is 951. The molecule has 178 valence electrons. The monoisotopic (exact) mass is 453 g/mol. The predicted molar refractivity (Wildman–Crippen MR) is 124 cm³/mol. The van der Waals surface area contributed by atoms with Crippen molar-refractivity contribution in [3.8, 4) is 5.75 Å². The van der Waals surface area contributed by atoms with Crippen LogP contribution in [-0.4, -0.2) is 47.4 Å². The molecule has 0 aromatic heterocycles. The van der Waals surface area contributed by atoms with Gasteiger partial charge in [0.1, 0.15) is 17.9 Å². The Morgan fingerprint density at radius 1 is 1.12 bits per heavy atom. The second-order valence-corrected chi connectivity index (χ2v) is 11.1. The Balaban J connectivity index is 1.22. The van der Waals surface area contributed by atoms with Crippen molar-refractivity contribution in [3.05, 3.63) is 29.3 Å². The van der Waals surface area contributed by atoms with Crippen molar-refractivity contribution in [2.24, 2.45) is 11.3 Å². The largest absolute Gasteiger partial charge is 0.489 e. The maximum Gasteiger partial charge on any atom is 0.255 e. The van der Waals surface area contributed by atoms with Gasteiger partial charge in [-0.2, -0.15) is 0 Å². The minimum absolute atomic E-state index is 0.133. The molecule has 1 aromatic carbocycles. The summed E-state index contributed by atoms with van der Waals surface area (Å²) in [6, 6.07) is 5.43. The summed E-state index contributed by atoms with van der Waals surface area (Å²) < 4.78 is 6.45. The highest BCUT2D eigenvalue weighted by Crippen LogP contribution is 2.44. The Labute approximate surface area is 195 Å². The Kier molecular flexibility index (Phi) is 5.93. The van der Waals surface area contributed by atoms with E-state index in [0.717, 1.165) is 36.6 Å². The quantitative estimate of drug-likeness (QED) is 0.646. The Morgan fingerprint density at radius 2 is 1.91 bits per heavy atom. The molecule has 0 spiro atoms. The molecule has 0 bridgehead atoms. The second-order valence-electron chi connectivity index (χ2n) is 11.1. The van der Waals surface area contributed by atoms with Crippen LogP contribution in [0.15, 0.2) is 18.2 Å². The average Bonchev–Trinajstić information content (AvgIpc) is 3.07. The summed E-state index contributed by atoms with van der Waals surface area (Å²) in [5, 5.41) is 6.14. The summed E-state index contributed by atoms with van der Waals surface area (Å²) in [5.74, 6) is 0.760. The van der Waals surface area contributed by atoms with E-state index >= 15 is 0 Å². The highest BCUT2D eigenvalue weighted by atomic mass is 16.5. The first-order valence-corrected chi connectivity index (χ1v) is 12.5. The lowest BCUT2D eigenvalue weighted by Gasteiger charge is -2.44. The number of imide groups is 1. The molecule has 2 aliphatic heterocycles. The van der Waals surface area contributed by atoms with Gasteiger partial charge in [-0.05, 0) is 80.2 Å². The van der Waals surface area contributed by atoms with Gasteiger partial charge in [-0.15, -0.1) is 0 Å². The van der Waals surface area contributed by atoms with Gasteiger partial charge in [0, 0.05) is 24.6 Å². The van der Waals surface area contributed by atoms with Crippen LogP contribution in [-0.2, 0) is 16.1 Å².